The highest BCUT2D eigenvalue weighted by atomic mass is 35.5. The molecule has 22 heavy (non-hydrogen) atoms. The molecule has 0 atom stereocenters. The summed E-state index contributed by atoms with van der Waals surface area (Å²) in [5.74, 6) is -1.05. The van der Waals surface area contributed by atoms with E-state index in [-0.39, 0.29) is 18.0 Å². The molecule has 0 unspecified atom stereocenters. The Morgan fingerprint density at radius 2 is 1.68 bits per heavy atom. The Hall–Kier alpha value is -1.46. The minimum Gasteiger partial charge on any atom is -0.481 e. The van der Waals surface area contributed by atoms with E-state index in [1.807, 2.05) is 0 Å². The summed E-state index contributed by atoms with van der Waals surface area (Å²) in [6.45, 7) is 1.80. The zero-order valence-electron chi connectivity index (χ0n) is 12.2. The second-order valence-electron chi connectivity index (χ2n) is 5.55. The summed E-state index contributed by atoms with van der Waals surface area (Å²) in [5.41, 5.74) is 1.29. The number of carboxylic acid groups (broad SMARTS) is 1. The number of halogens is 2. The number of urea groups is 1. The van der Waals surface area contributed by atoms with Crippen molar-refractivity contribution < 1.29 is 14.7 Å². The van der Waals surface area contributed by atoms with Crippen molar-refractivity contribution in [2.75, 3.05) is 5.32 Å². The van der Waals surface area contributed by atoms with Crippen LogP contribution in [0.3, 0.4) is 0 Å². The van der Waals surface area contributed by atoms with Gasteiger partial charge < -0.3 is 15.7 Å². The molecule has 1 aliphatic carbocycles. The number of anilines is 1. The molecule has 0 spiro atoms. The topological polar surface area (TPSA) is 78.4 Å². The Balaban J connectivity index is 1.88. The molecule has 2 rings (SSSR count). The Morgan fingerprint density at radius 1 is 1.14 bits per heavy atom. The van der Waals surface area contributed by atoms with E-state index in [4.69, 9.17) is 28.3 Å². The second kappa shape index (κ2) is 7.20. The number of carbonyl (C=O) groups excluding carboxylic acids is 1. The van der Waals surface area contributed by atoms with Gasteiger partial charge in [0.25, 0.3) is 0 Å². The molecule has 1 saturated carbocycles. The van der Waals surface area contributed by atoms with E-state index in [2.05, 4.69) is 10.6 Å². The van der Waals surface area contributed by atoms with Crippen LogP contribution in [0.15, 0.2) is 12.1 Å². The molecule has 0 aromatic heterocycles. The van der Waals surface area contributed by atoms with Crippen LogP contribution in [-0.2, 0) is 4.79 Å². The van der Waals surface area contributed by atoms with Crippen LogP contribution >= 0.6 is 23.2 Å². The van der Waals surface area contributed by atoms with Crippen molar-refractivity contribution in [3.05, 3.63) is 27.7 Å². The van der Waals surface area contributed by atoms with Gasteiger partial charge in [0.15, 0.2) is 0 Å². The van der Waals surface area contributed by atoms with Crippen LogP contribution in [0.4, 0.5) is 10.5 Å². The van der Waals surface area contributed by atoms with Gasteiger partial charge in [0.2, 0.25) is 0 Å². The standard InChI is InChI=1S/C15H18Cl2N2O3/c1-8-12(16)6-11(7-13(8)17)19-15(22)18-10-4-2-9(3-5-10)14(20)21/h6-7,9-10H,2-5H2,1H3,(H,20,21)(H2,18,19,22). The SMILES string of the molecule is Cc1c(Cl)cc(NC(=O)NC2CCC(C(=O)O)CC2)cc1Cl. The summed E-state index contributed by atoms with van der Waals surface area (Å²) < 4.78 is 0. The quantitative estimate of drug-likeness (QED) is 0.773. The first-order valence-corrected chi connectivity index (χ1v) is 7.88. The third-order valence-corrected chi connectivity index (χ3v) is 4.74. The zero-order valence-corrected chi connectivity index (χ0v) is 13.7. The van der Waals surface area contributed by atoms with E-state index in [0.29, 0.717) is 41.4 Å². The van der Waals surface area contributed by atoms with E-state index in [1.54, 1.807) is 19.1 Å². The normalized spacial score (nSPS) is 21.2. The number of benzene rings is 1. The molecule has 3 N–H and O–H groups in total. The van der Waals surface area contributed by atoms with Crippen LogP contribution in [-0.4, -0.2) is 23.1 Å². The number of carboxylic acids is 1. The Labute approximate surface area is 139 Å². The number of rotatable bonds is 3. The predicted octanol–water partition coefficient (Wildman–Crippen LogP) is 4.07. The van der Waals surface area contributed by atoms with Crippen LogP contribution in [0.5, 0.6) is 0 Å². The van der Waals surface area contributed by atoms with Crippen molar-refractivity contribution in [2.45, 2.75) is 38.6 Å². The van der Waals surface area contributed by atoms with Gasteiger partial charge in [0.1, 0.15) is 0 Å². The van der Waals surface area contributed by atoms with Gasteiger partial charge in [-0.25, -0.2) is 4.79 Å². The van der Waals surface area contributed by atoms with Gasteiger partial charge in [0.05, 0.1) is 5.92 Å². The number of amides is 2. The smallest absolute Gasteiger partial charge is 0.319 e. The van der Waals surface area contributed by atoms with Gasteiger partial charge in [-0.05, 0) is 50.3 Å². The van der Waals surface area contributed by atoms with Crippen molar-refractivity contribution in [1.29, 1.82) is 0 Å². The lowest BCUT2D eigenvalue weighted by Gasteiger charge is -2.26. The number of carbonyl (C=O) groups is 2. The van der Waals surface area contributed by atoms with Crippen LogP contribution in [0.25, 0.3) is 0 Å². The summed E-state index contributed by atoms with van der Waals surface area (Å²) in [7, 11) is 0. The first-order chi connectivity index (χ1) is 10.4. The molecule has 0 radical (unpaired) electrons. The molecule has 1 aliphatic rings. The van der Waals surface area contributed by atoms with E-state index in [1.165, 1.54) is 0 Å². The predicted molar refractivity (Wildman–Crippen MR) is 86.7 cm³/mol. The van der Waals surface area contributed by atoms with Gasteiger partial charge >= 0.3 is 12.0 Å². The molecular formula is C15H18Cl2N2O3. The highest BCUT2D eigenvalue weighted by molar-refractivity contribution is 6.36. The van der Waals surface area contributed by atoms with Gasteiger partial charge in [-0.15, -0.1) is 0 Å². The summed E-state index contributed by atoms with van der Waals surface area (Å²) in [5, 5.41) is 15.5. The number of nitrogens with one attached hydrogen (secondary N) is 2. The molecule has 5 nitrogen and oxygen atoms in total. The highest BCUT2D eigenvalue weighted by Gasteiger charge is 2.26. The third kappa shape index (κ3) is 4.27. The molecule has 2 amide bonds. The fourth-order valence-electron chi connectivity index (χ4n) is 2.55. The minimum atomic E-state index is -0.758. The van der Waals surface area contributed by atoms with Gasteiger partial charge in [-0.2, -0.15) is 0 Å². The monoisotopic (exact) mass is 344 g/mol. The van der Waals surface area contributed by atoms with E-state index >= 15 is 0 Å². The van der Waals surface area contributed by atoms with Gasteiger partial charge in [0, 0.05) is 21.8 Å². The summed E-state index contributed by atoms with van der Waals surface area (Å²) in [6.07, 6.45) is 2.50. The van der Waals surface area contributed by atoms with Crippen molar-refractivity contribution in [3.63, 3.8) is 0 Å². The molecule has 7 heteroatoms. The van der Waals surface area contributed by atoms with Crippen molar-refractivity contribution in [2.24, 2.45) is 5.92 Å². The molecule has 0 heterocycles. The minimum absolute atomic E-state index is 0.00741. The molecule has 1 aromatic rings. The van der Waals surface area contributed by atoms with Crippen LogP contribution in [0.2, 0.25) is 10.0 Å². The molecule has 1 fully saturated rings. The Kier molecular flexibility index (Phi) is 5.53. The molecule has 1 aromatic carbocycles. The van der Waals surface area contributed by atoms with Crippen molar-refractivity contribution in [3.8, 4) is 0 Å². The van der Waals surface area contributed by atoms with Crippen LogP contribution < -0.4 is 10.6 Å². The highest BCUT2D eigenvalue weighted by Crippen LogP contribution is 2.28. The van der Waals surface area contributed by atoms with E-state index in [0.717, 1.165) is 5.56 Å². The lowest BCUT2D eigenvalue weighted by Crippen LogP contribution is -2.40. The average Bonchev–Trinajstić information content (AvgIpc) is 2.45. The lowest BCUT2D eigenvalue weighted by atomic mass is 9.86. The molecule has 0 bridgehead atoms. The van der Waals surface area contributed by atoms with Gasteiger partial charge in [-0.1, -0.05) is 23.2 Å². The van der Waals surface area contributed by atoms with Crippen molar-refractivity contribution in [1.82, 2.24) is 5.32 Å². The molecule has 120 valence electrons. The summed E-state index contributed by atoms with van der Waals surface area (Å²) in [4.78, 5) is 22.9. The third-order valence-electron chi connectivity index (χ3n) is 3.95. The maximum Gasteiger partial charge on any atom is 0.319 e. The van der Waals surface area contributed by atoms with Crippen LogP contribution in [0.1, 0.15) is 31.2 Å². The number of hydrogen-bond donors (Lipinski definition) is 3. The van der Waals surface area contributed by atoms with Crippen LogP contribution in [0, 0.1) is 12.8 Å². The fraction of sp³-hybridized carbons (Fsp3) is 0.467. The largest absolute Gasteiger partial charge is 0.481 e. The summed E-state index contributed by atoms with van der Waals surface area (Å²) >= 11 is 12.1. The maximum absolute atomic E-state index is 12.0. The first-order valence-electron chi connectivity index (χ1n) is 7.12. The Bertz CT molecular complexity index is 561. The average molecular weight is 345 g/mol. The molecular weight excluding hydrogens is 327 g/mol. The van der Waals surface area contributed by atoms with E-state index in [9.17, 15) is 9.59 Å². The van der Waals surface area contributed by atoms with Crippen molar-refractivity contribution >= 4 is 40.9 Å². The molecule has 0 aliphatic heterocycles. The summed E-state index contributed by atoms with van der Waals surface area (Å²) in [6, 6.07) is 2.94. The fourth-order valence-corrected chi connectivity index (χ4v) is 3.04. The maximum atomic E-state index is 12.0. The Morgan fingerprint density at radius 3 is 2.18 bits per heavy atom. The lowest BCUT2D eigenvalue weighted by molar-refractivity contribution is -0.142. The number of aliphatic carboxylic acids is 1. The first kappa shape index (κ1) is 16.9. The zero-order chi connectivity index (χ0) is 16.3. The second-order valence-corrected chi connectivity index (χ2v) is 6.36. The van der Waals surface area contributed by atoms with Gasteiger partial charge in [-0.3, -0.25) is 4.79 Å². The number of hydrogen-bond acceptors (Lipinski definition) is 2. The van der Waals surface area contributed by atoms with E-state index < -0.39 is 5.97 Å². The molecule has 0 saturated heterocycles.